The molecular formula is C92H132N20O19S. The quantitative estimate of drug-likeness (QED) is 0.0415. The molecular weight excluding hydrogens is 1720 g/mol. The van der Waals surface area contributed by atoms with Crippen LogP contribution in [0.1, 0.15) is 174 Å². The van der Waals surface area contributed by atoms with Crippen LogP contribution in [0, 0.1) is 11.8 Å². The number of fused-ring (bicyclic) bond motifs is 4. The first-order valence-electron chi connectivity index (χ1n) is 45.6. The Bertz CT molecular complexity index is 4960. The van der Waals surface area contributed by atoms with Gasteiger partial charge in [-0.3, -0.25) is 81.5 Å². The van der Waals surface area contributed by atoms with Crippen molar-refractivity contribution in [2.45, 2.75) is 267 Å². The van der Waals surface area contributed by atoms with Gasteiger partial charge in [-0.25, -0.2) is 0 Å². The van der Waals surface area contributed by atoms with Gasteiger partial charge in [-0.2, -0.15) is 0 Å². The number of nitrogens with one attached hydrogen (secondary N) is 12. The second-order valence-electron chi connectivity index (χ2n) is 35.9. The molecule has 0 bridgehead atoms. The molecule has 0 radical (unpaired) electrons. The molecule has 1 unspecified atom stereocenters. The summed E-state index contributed by atoms with van der Waals surface area (Å²) in [6.07, 6.45) is 3.19. The summed E-state index contributed by atoms with van der Waals surface area (Å²) in [6.45, 7) is 10.8. The molecule has 3 aromatic carbocycles. The van der Waals surface area contributed by atoms with Crippen LogP contribution >= 0.6 is 11.8 Å². The number of phenols is 1. The van der Waals surface area contributed by atoms with E-state index in [1.807, 2.05) is 32.0 Å². The van der Waals surface area contributed by atoms with Crippen molar-refractivity contribution >= 4 is 134 Å². The van der Waals surface area contributed by atoms with Gasteiger partial charge in [0.2, 0.25) is 100 Å². The topological polar surface area (TPSA) is 577 Å². The van der Waals surface area contributed by atoms with Gasteiger partial charge in [-0.15, -0.1) is 11.8 Å². The number of hydrogen-bond acceptors (Lipinski definition) is 21. The van der Waals surface area contributed by atoms with Crippen LogP contribution in [0.2, 0.25) is 0 Å². The number of carbonyl (C=O) groups excluding carboxylic acids is 17. The number of hydrogen-bond donors (Lipinski definition) is 17. The van der Waals surface area contributed by atoms with Crippen molar-refractivity contribution in [3.8, 4) is 5.75 Å². The number of nitrogens with two attached hydrogens (primary N) is 3. The molecule has 2 aromatic heterocycles. The molecule has 40 heteroatoms. The van der Waals surface area contributed by atoms with Crippen LogP contribution < -0.4 is 70.4 Å². The minimum absolute atomic E-state index is 0.0172. The highest BCUT2D eigenvalue weighted by atomic mass is 32.2. The summed E-state index contributed by atoms with van der Waals surface area (Å²) in [7, 11) is 4.05. The number of carbonyl (C=O) groups is 17. The fourth-order valence-electron chi connectivity index (χ4n) is 17.6. The van der Waals surface area contributed by atoms with Gasteiger partial charge >= 0.3 is 0 Å². The fraction of sp³-hybridized carbons (Fsp3) is 0.576. The Morgan fingerprint density at radius 2 is 1.07 bits per heavy atom. The first-order valence-corrected chi connectivity index (χ1v) is 46.8. The molecule has 1 spiro atoms. The highest BCUT2D eigenvalue weighted by Crippen LogP contribution is 2.34. The Morgan fingerprint density at radius 3 is 1.67 bits per heavy atom. The van der Waals surface area contributed by atoms with Gasteiger partial charge in [-0.1, -0.05) is 129 Å². The van der Waals surface area contributed by atoms with E-state index in [0.717, 1.165) is 26.5 Å². The number of unbranched alkanes of at least 4 members (excludes halogenated alkanes) is 2. The second kappa shape index (κ2) is 48.3. The number of amides is 17. The van der Waals surface area contributed by atoms with Gasteiger partial charge in [0.25, 0.3) is 0 Å². The molecule has 1 aliphatic carbocycles. The Hall–Kier alpha value is -12.2. The van der Waals surface area contributed by atoms with Gasteiger partial charge < -0.3 is 115 Å². The van der Waals surface area contributed by atoms with Crippen LogP contribution in [0.3, 0.4) is 0 Å². The first-order chi connectivity index (χ1) is 62.8. The summed E-state index contributed by atoms with van der Waals surface area (Å²) in [5, 5.41) is 50.6. The van der Waals surface area contributed by atoms with Crippen LogP contribution in [0.4, 0.5) is 0 Å². The third-order valence-corrected chi connectivity index (χ3v) is 26.0. The summed E-state index contributed by atoms with van der Waals surface area (Å²) in [5.41, 5.74) is 18.7. The summed E-state index contributed by atoms with van der Waals surface area (Å²) in [6, 6.07) is 1.07. The maximum atomic E-state index is 15.8. The normalized spacial score (nSPS) is 25.5. The Kier molecular flexibility index (Phi) is 37.9. The number of rotatable bonds is 23. The molecule has 4 aliphatic rings. The lowest BCUT2D eigenvalue weighted by Gasteiger charge is -2.36. The number of phenolic OH excluding ortho intramolecular Hbond substituents is 1. The first kappa shape index (κ1) is 104. The zero-order valence-electron chi connectivity index (χ0n) is 76.9. The van der Waals surface area contributed by atoms with Gasteiger partial charge in [0.1, 0.15) is 89.8 Å². The monoisotopic (exact) mass is 1850 g/mol. The highest BCUT2D eigenvalue weighted by molar-refractivity contribution is 8.00. The zero-order chi connectivity index (χ0) is 96.5. The molecule has 14 atom stereocenters. The smallest absolute Gasteiger partial charge is 0.246 e. The van der Waals surface area contributed by atoms with Crippen LogP contribution in [0.15, 0.2) is 85.2 Å². The average molecular weight is 1850 g/mol. The SMILES string of the molecule is CCCC[C@H]1C(=O)N(C)[C@@H](CCCC)C(=O)N[C@@H](CC(C)C)C(=O)N[C@H](C(=O)NCC(N)=O)CSCC(=O)N[C@@H](Cc2ccc(O)cc2)C(=O)N(C)[C@@H](C)C(=O)N[C@@H](CC(N)=O)C(=O)N2CCC[C@H]2C(=O)NC2(CCCC2)C(=O)N[C@@H](CC(C)C)C(=O)N2C[C@H](O)C[C@H]2C(=O)NC(Cc2c[nH]c3ccccc23)C(=O)N[C@@H](CCN)C(=O)N[C@@H](Cc2c[nH]c3ccccc23)C(=O)N1C. The molecule has 4 fully saturated rings. The van der Waals surface area contributed by atoms with E-state index in [-0.39, 0.29) is 120 Å². The maximum Gasteiger partial charge on any atom is 0.246 e. The third kappa shape index (κ3) is 27.5. The van der Waals surface area contributed by atoms with Crippen molar-refractivity contribution in [2.75, 3.05) is 58.8 Å². The maximum absolute atomic E-state index is 15.8. The molecule has 5 heterocycles. The Morgan fingerprint density at radius 1 is 0.538 bits per heavy atom. The molecule has 20 N–H and O–H groups in total. The summed E-state index contributed by atoms with van der Waals surface area (Å²) >= 11 is 0.811. The van der Waals surface area contributed by atoms with Crippen LogP contribution in [0.5, 0.6) is 5.75 Å². The van der Waals surface area contributed by atoms with E-state index in [4.69, 9.17) is 17.2 Å². The van der Waals surface area contributed by atoms with Gasteiger partial charge in [0, 0.05) is 99.9 Å². The average Bonchev–Trinajstić information content (AvgIpc) is 1.59. The number of likely N-dealkylation sites (N-methyl/N-ethyl adjacent to an activating group) is 3. The van der Waals surface area contributed by atoms with Crippen molar-refractivity contribution in [3.05, 3.63) is 102 Å². The van der Waals surface area contributed by atoms with Crippen molar-refractivity contribution in [3.63, 3.8) is 0 Å². The number of aromatic amines is 2. The van der Waals surface area contributed by atoms with Crippen LogP contribution in [-0.4, -0.2) is 294 Å². The standard InChI is InChI=1S/C92H132N20O19S/c1-11-13-26-71-83(123)101-64(38-51(3)4)81(121)105-70(79(119)98-47-76(95)116)49-132-50-77(117)99-67(40-54-29-31-57(113)32-30-54)86(126)108(8)53(7)78(118)103-69(44-75(94)115)88(128)111-37-21-28-72(111)85(125)107-92(34-19-20-35-92)91(131)106-66(39-52(5)6)89(129)112-48-58(114)43-74(112)84(124)102-65(41-55-45-96-61-24-17-15-22-59(55)61)82(122)100-63(33-36-93)80(120)104-68(42-56-46-97-62-25-18-16-23-60(56)62)87(127)110(10)73(27-14-12-2)90(130)109(71)9/h15-18,22-25,29-32,45-46,51-53,58,63-74,96-97,113-114H,11-14,19-21,26-28,33-44,47-50,93H2,1-10H3,(H2,94,115)(H2,95,116)(H,98,119)(H,99,117)(H,100,122)(H,101,123)(H,102,124)(H,103,118)(H,104,120)(H,105,121)(H,106,131)(H,107,125)/t53-,58+,63-,64-,65?,66-,67-,68-,69-,70-,71-,72-,73-,74-/m0/s1. The minimum Gasteiger partial charge on any atom is -0.508 e. The van der Waals surface area contributed by atoms with E-state index >= 15 is 38.4 Å². The predicted molar refractivity (Wildman–Crippen MR) is 492 cm³/mol. The lowest BCUT2D eigenvalue weighted by molar-refractivity contribution is -0.149. The molecule has 132 heavy (non-hydrogen) atoms. The molecule has 720 valence electrons. The van der Waals surface area contributed by atoms with E-state index in [0.29, 0.717) is 77.0 Å². The fourth-order valence-corrected chi connectivity index (χ4v) is 18.4. The number of aromatic nitrogens is 2. The lowest BCUT2D eigenvalue weighted by atomic mass is 9.93. The van der Waals surface area contributed by atoms with E-state index in [2.05, 4.69) is 63.1 Å². The lowest BCUT2D eigenvalue weighted by Crippen LogP contribution is -2.64. The number of thioether (sulfide) groups is 1. The molecule has 17 amide bonds. The number of benzene rings is 3. The molecule has 3 saturated heterocycles. The highest BCUT2D eigenvalue weighted by Gasteiger charge is 2.50. The Labute approximate surface area is 772 Å². The third-order valence-electron chi connectivity index (χ3n) is 24.9. The molecule has 5 aromatic rings. The zero-order valence-corrected chi connectivity index (χ0v) is 77.7. The largest absolute Gasteiger partial charge is 0.508 e. The van der Waals surface area contributed by atoms with Crippen molar-refractivity contribution in [1.82, 2.24) is 87.6 Å². The number of primary amides is 2. The number of aromatic hydroxyl groups is 1. The summed E-state index contributed by atoms with van der Waals surface area (Å²) < 4.78 is 0. The van der Waals surface area contributed by atoms with E-state index in [1.54, 1.807) is 70.4 Å². The Balaban J connectivity index is 1.09. The van der Waals surface area contributed by atoms with Crippen LogP contribution in [0.25, 0.3) is 21.8 Å². The van der Waals surface area contributed by atoms with Gasteiger partial charge in [0.05, 0.1) is 24.8 Å². The molecule has 1 saturated carbocycles. The van der Waals surface area contributed by atoms with Crippen molar-refractivity contribution in [1.29, 1.82) is 0 Å². The minimum atomic E-state index is -1.73. The van der Waals surface area contributed by atoms with Crippen molar-refractivity contribution in [2.24, 2.45) is 29.0 Å². The van der Waals surface area contributed by atoms with Crippen LogP contribution in [-0.2, 0) is 101 Å². The van der Waals surface area contributed by atoms with E-state index in [9.17, 15) is 53.4 Å². The van der Waals surface area contributed by atoms with E-state index in [1.165, 1.54) is 62.1 Å². The summed E-state index contributed by atoms with van der Waals surface area (Å²) in [5.74, 6) is -16.3. The number of nitrogens with zero attached hydrogens (tertiary/aromatic N) is 5. The van der Waals surface area contributed by atoms with E-state index < -0.39 is 216 Å². The number of aliphatic hydroxyl groups excluding tert-OH is 1. The number of para-hydroxylation sites is 2. The molecule has 39 nitrogen and oxygen atoms in total. The second-order valence-corrected chi connectivity index (χ2v) is 37.0. The van der Waals surface area contributed by atoms with Crippen molar-refractivity contribution < 1.29 is 91.7 Å². The van der Waals surface area contributed by atoms with Gasteiger partial charge in [-0.05, 0) is 124 Å². The summed E-state index contributed by atoms with van der Waals surface area (Å²) in [4.78, 5) is 263. The predicted octanol–water partition coefficient (Wildman–Crippen LogP) is 0.189. The van der Waals surface area contributed by atoms with Gasteiger partial charge in [0.15, 0.2) is 0 Å². The molecule has 9 rings (SSSR count). The molecule has 3 aliphatic heterocycles. The number of H-pyrrole nitrogens is 2. The number of aliphatic hydroxyl groups is 1.